The topological polar surface area (TPSA) is 95.1 Å². The first-order chi connectivity index (χ1) is 14.2. The van der Waals surface area contributed by atoms with E-state index in [2.05, 4.69) is 9.88 Å². The van der Waals surface area contributed by atoms with Gasteiger partial charge in [0, 0.05) is 19.2 Å². The van der Waals surface area contributed by atoms with Crippen LogP contribution in [-0.2, 0) is 4.74 Å². The van der Waals surface area contributed by atoms with Crippen LogP contribution < -0.4 is 11.1 Å². The smallest absolute Gasteiger partial charge is 0.257 e. The number of nitrogen functional groups attached to an aromatic ring is 1. The summed E-state index contributed by atoms with van der Waals surface area (Å²) in [6.07, 6.45) is 7.80. The summed E-state index contributed by atoms with van der Waals surface area (Å²) in [5, 5.41) is 3.01. The minimum absolute atomic E-state index is 0.0822. The summed E-state index contributed by atoms with van der Waals surface area (Å²) in [6.45, 7) is 1.26. The molecule has 3 N–H and O–H groups in total. The van der Waals surface area contributed by atoms with Gasteiger partial charge in [0.2, 0.25) is 0 Å². The van der Waals surface area contributed by atoms with Crippen molar-refractivity contribution in [1.29, 1.82) is 0 Å². The van der Waals surface area contributed by atoms with Crippen molar-refractivity contribution in [3.8, 4) is 0 Å². The normalized spacial score (nSPS) is 20.5. The summed E-state index contributed by atoms with van der Waals surface area (Å²) in [4.78, 5) is 22.8. The van der Waals surface area contributed by atoms with E-state index in [0.717, 1.165) is 49.0 Å². The lowest BCUT2D eigenvalue weighted by molar-refractivity contribution is 0.0859. The quantitative estimate of drug-likeness (QED) is 0.706. The van der Waals surface area contributed by atoms with Gasteiger partial charge < -0.3 is 20.4 Å². The minimum atomic E-state index is -0.192. The summed E-state index contributed by atoms with van der Waals surface area (Å²) in [6, 6.07) is 8.02. The van der Waals surface area contributed by atoms with Crippen LogP contribution in [0.2, 0.25) is 0 Å². The zero-order valence-electron chi connectivity index (χ0n) is 16.6. The summed E-state index contributed by atoms with van der Waals surface area (Å²) in [5.41, 5.74) is 9.94. The number of hydrogen-bond donors (Lipinski definition) is 2. The summed E-state index contributed by atoms with van der Waals surface area (Å²) in [7, 11) is 0. The molecule has 7 nitrogen and oxygen atoms in total. The Balaban J connectivity index is 1.60. The number of rotatable bonds is 4. The third-order valence-electron chi connectivity index (χ3n) is 6.21. The van der Waals surface area contributed by atoms with E-state index in [0.29, 0.717) is 23.4 Å². The second-order valence-electron chi connectivity index (χ2n) is 8.15. The number of carbonyl (C=O) groups excluding carboxylic acids is 1. The largest absolute Gasteiger partial charge is 0.384 e. The van der Waals surface area contributed by atoms with Crippen molar-refractivity contribution in [2.75, 3.05) is 18.9 Å². The van der Waals surface area contributed by atoms with Crippen molar-refractivity contribution < 1.29 is 9.53 Å². The molecular formula is C22H27N5O2. The van der Waals surface area contributed by atoms with Crippen LogP contribution in [0.5, 0.6) is 0 Å². The second kappa shape index (κ2) is 7.63. The van der Waals surface area contributed by atoms with Crippen LogP contribution in [0.1, 0.15) is 61.3 Å². The average molecular weight is 393 g/mol. The Morgan fingerprint density at radius 1 is 1.10 bits per heavy atom. The standard InChI is InChI=1S/C22H27N5O2/c23-20-18(22(28)24-13-15-9-6-12-29-15)19-21(27(20)14-7-2-1-3-8-14)26-17-11-5-4-10-16(17)25-19/h4-5,10-11,14-15H,1-3,6-9,12-13,23H2,(H,24,28). The van der Waals surface area contributed by atoms with Crippen LogP contribution in [0.15, 0.2) is 24.3 Å². The van der Waals surface area contributed by atoms with Gasteiger partial charge in [0.05, 0.1) is 17.1 Å². The molecule has 0 radical (unpaired) electrons. The van der Waals surface area contributed by atoms with E-state index in [9.17, 15) is 4.79 Å². The maximum Gasteiger partial charge on any atom is 0.257 e. The number of aromatic nitrogens is 3. The van der Waals surface area contributed by atoms with Crippen LogP contribution in [0, 0.1) is 0 Å². The Morgan fingerprint density at radius 3 is 2.59 bits per heavy atom. The predicted molar refractivity (Wildman–Crippen MR) is 113 cm³/mol. The highest BCUT2D eigenvalue weighted by molar-refractivity contribution is 6.10. The fraction of sp³-hybridized carbons (Fsp3) is 0.500. The molecule has 1 atom stereocenters. The number of nitrogens with one attached hydrogen (secondary N) is 1. The highest BCUT2D eigenvalue weighted by atomic mass is 16.5. The predicted octanol–water partition coefficient (Wildman–Crippen LogP) is 3.58. The number of benzene rings is 1. The maximum atomic E-state index is 13.1. The SMILES string of the molecule is Nc1c(C(=O)NCC2CCCO2)c2nc3ccccc3nc2n1C1CCCCC1. The molecule has 1 aliphatic heterocycles. The Labute approximate surface area is 169 Å². The van der Waals surface area contributed by atoms with E-state index in [1.54, 1.807) is 0 Å². The van der Waals surface area contributed by atoms with Crippen LogP contribution in [-0.4, -0.2) is 39.7 Å². The molecule has 2 aliphatic rings. The zero-order valence-corrected chi connectivity index (χ0v) is 16.6. The highest BCUT2D eigenvalue weighted by Crippen LogP contribution is 2.37. The van der Waals surface area contributed by atoms with Crippen molar-refractivity contribution >= 4 is 33.9 Å². The van der Waals surface area contributed by atoms with E-state index >= 15 is 0 Å². The van der Waals surface area contributed by atoms with Gasteiger partial charge in [0.15, 0.2) is 5.65 Å². The monoisotopic (exact) mass is 393 g/mol. The number of para-hydroxylation sites is 2. The van der Waals surface area contributed by atoms with E-state index in [1.807, 2.05) is 24.3 Å². The van der Waals surface area contributed by atoms with E-state index in [4.69, 9.17) is 20.4 Å². The molecule has 1 saturated carbocycles. The van der Waals surface area contributed by atoms with Crippen LogP contribution in [0.4, 0.5) is 5.82 Å². The van der Waals surface area contributed by atoms with Crippen molar-refractivity contribution in [2.45, 2.75) is 57.1 Å². The minimum Gasteiger partial charge on any atom is -0.384 e. The molecule has 1 aliphatic carbocycles. The molecule has 0 bridgehead atoms. The molecule has 5 rings (SSSR count). The molecule has 3 heterocycles. The van der Waals surface area contributed by atoms with E-state index in [1.165, 1.54) is 19.3 Å². The van der Waals surface area contributed by atoms with Crippen LogP contribution in [0.25, 0.3) is 22.2 Å². The number of ether oxygens (including phenoxy) is 1. The lowest BCUT2D eigenvalue weighted by Crippen LogP contribution is -2.32. The fourth-order valence-electron chi connectivity index (χ4n) is 4.72. The number of amides is 1. The van der Waals surface area contributed by atoms with E-state index < -0.39 is 0 Å². The number of carbonyl (C=O) groups is 1. The third kappa shape index (κ3) is 3.33. The lowest BCUT2D eigenvalue weighted by atomic mass is 9.95. The molecule has 3 aromatic rings. The maximum absolute atomic E-state index is 13.1. The van der Waals surface area contributed by atoms with Crippen molar-refractivity contribution in [3.63, 3.8) is 0 Å². The molecule has 7 heteroatoms. The van der Waals surface area contributed by atoms with Crippen LogP contribution in [0.3, 0.4) is 0 Å². The summed E-state index contributed by atoms with van der Waals surface area (Å²) in [5.74, 6) is 0.286. The van der Waals surface area contributed by atoms with Crippen molar-refractivity contribution in [1.82, 2.24) is 19.9 Å². The molecule has 2 aromatic heterocycles. The Kier molecular flexibility index (Phi) is 4.83. The highest BCUT2D eigenvalue weighted by Gasteiger charge is 2.29. The average Bonchev–Trinajstić information content (AvgIpc) is 3.36. The van der Waals surface area contributed by atoms with Gasteiger partial charge in [-0.05, 0) is 37.8 Å². The van der Waals surface area contributed by atoms with Gasteiger partial charge in [-0.3, -0.25) is 4.79 Å². The zero-order chi connectivity index (χ0) is 19.8. The molecule has 1 saturated heterocycles. The van der Waals surface area contributed by atoms with E-state index in [-0.39, 0.29) is 18.1 Å². The molecule has 1 amide bonds. The number of hydrogen-bond acceptors (Lipinski definition) is 5. The van der Waals surface area contributed by atoms with Crippen molar-refractivity contribution in [3.05, 3.63) is 29.8 Å². The molecule has 152 valence electrons. The van der Waals surface area contributed by atoms with Gasteiger partial charge in [-0.25, -0.2) is 9.97 Å². The van der Waals surface area contributed by atoms with Crippen LogP contribution >= 0.6 is 0 Å². The number of anilines is 1. The Hall–Kier alpha value is -2.67. The molecule has 1 aromatic carbocycles. The van der Waals surface area contributed by atoms with Gasteiger partial charge in [-0.15, -0.1) is 0 Å². The van der Waals surface area contributed by atoms with Crippen molar-refractivity contribution in [2.24, 2.45) is 0 Å². The number of nitrogens with two attached hydrogens (primary N) is 1. The first-order valence-electron chi connectivity index (χ1n) is 10.7. The van der Waals surface area contributed by atoms with Gasteiger partial charge in [0.1, 0.15) is 16.9 Å². The first-order valence-corrected chi connectivity index (χ1v) is 10.7. The molecule has 0 spiro atoms. The van der Waals surface area contributed by atoms with Gasteiger partial charge in [0.25, 0.3) is 5.91 Å². The number of fused-ring (bicyclic) bond motifs is 2. The fourth-order valence-corrected chi connectivity index (χ4v) is 4.72. The van der Waals surface area contributed by atoms with Gasteiger partial charge in [-0.2, -0.15) is 0 Å². The third-order valence-corrected chi connectivity index (χ3v) is 6.21. The molecule has 29 heavy (non-hydrogen) atoms. The molecular weight excluding hydrogens is 366 g/mol. The second-order valence-corrected chi connectivity index (χ2v) is 8.15. The summed E-state index contributed by atoms with van der Waals surface area (Å²) >= 11 is 0. The lowest BCUT2D eigenvalue weighted by Gasteiger charge is -2.25. The molecule has 1 unspecified atom stereocenters. The van der Waals surface area contributed by atoms with Gasteiger partial charge >= 0.3 is 0 Å². The first kappa shape index (κ1) is 18.4. The Morgan fingerprint density at radius 2 is 1.86 bits per heavy atom. The number of nitrogens with zero attached hydrogens (tertiary/aromatic N) is 3. The Bertz CT molecular complexity index is 1050. The summed E-state index contributed by atoms with van der Waals surface area (Å²) < 4.78 is 7.70. The van der Waals surface area contributed by atoms with Gasteiger partial charge in [-0.1, -0.05) is 31.4 Å². The molecule has 2 fully saturated rings.